The molecular formula is C18H25N5S2. The lowest BCUT2D eigenvalue weighted by atomic mass is 10.2. The Hall–Kier alpha value is -1.34. The van der Waals surface area contributed by atoms with Crippen molar-refractivity contribution in [3.05, 3.63) is 17.3 Å². The molecule has 2 aromatic heterocycles. The number of hydrogen-bond donors (Lipinski definition) is 0. The van der Waals surface area contributed by atoms with E-state index in [2.05, 4.69) is 42.0 Å². The minimum Gasteiger partial charge on any atom is -0.352 e. The van der Waals surface area contributed by atoms with Gasteiger partial charge in [-0.1, -0.05) is 18.7 Å². The highest BCUT2D eigenvalue weighted by molar-refractivity contribution is 8.15. The SMILES string of the molecule is CCCc1nc(N2CCN(C3=NCC(C)(C)S3)CC2)c2ccsc2n1. The normalized spacial score (nSPS) is 20.4. The molecule has 0 atom stereocenters. The molecule has 4 heterocycles. The van der Waals surface area contributed by atoms with Crippen LogP contribution in [0.15, 0.2) is 16.4 Å². The molecule has 1 saturated heterocycles. The van der Waals surface area contributed by atoms with Crippen LogP contribution in [0.5, 0.6) is 0 Å². The standard InChI is InChI=1S/C18H25N5S2/c1-4-5-14-20-15(13-6-11-24-16(13)21-14)22-7-9-23(10-8-22)17-19-12-18(2,3)25-17/h6,11H,4-5,7-10,12H2,1-3H3. The molecule has 0 amide bonds. The molecule has 134 valence electrons. The molecule has 0 bridgehead atoms. The van der Waals surface area contributed by atoms with Crippen LogP contribution in [-0.2, 0) is 6.42 Å². The Morgan fingerprint density at radius 1 is 1.12 bits per heavy atom. The molecule has 1 fully saturated rings. The maximum absolute atomic E-state index is 4.90. The largest absolute Gasteiger partial charge is 0.352 e. The number of rotatable bonds is 3. The van der Waals surface area contributed by atoms with Crippen LogP contribution in [-0.4, -0.2) is 57.5 Å². The first-order valence-corrected chi connectivity index (χ1v) is 10.7. The van der Waals surface area contributed by atoms with Crippen molar-refractivity contribution in [2.45, 2.75) is 38.4 Å². The van der Waals surface area contributed by atoms with Crippen LogP contribution in [0.2, 0.25) is 0 Å². The van der Waals surface area contributed by atoms with Crippen molar-refractivity contribution in [1.29, 1.82) is 0 Å². The molecule has 5 nitrogen and oxygen atoms in total. The zero-order valence-corrected chi connectivity index (χ0v) is 16.8. The third-order valence-electron chi connectivity index (χ3n) is 4.64. The van der Waals surface area contributed by atoms with Gasteiger partial charge in [-0.2, -0.15) is 0 Å². The van der Waals surface area contributed by atoms with Crippen molar-refractivity contribution in [3.63, 3.8) is 0 Å². The number of aryl methyl sites for hydroxylation is 1. The van der Waals surface area contributed by atoms with Crippen molar-refractivity contribution < 1.29 is 0 Å². The minimum absolute atomic E-state index is 0.247. The summed E-state index contributed by atoms with van der Waals surface area (Å²) < 4.78 is 0.247. The molecule has 0 radical (unpaired) electrons. The van der Waals surface area contributed by atoms with E-state index in [1.807, 2.05) is 11.8 Å². The van der Waals surface area contributed by atoms with E-state index in [1.165, 1.54) is 10.6 Å². The van der Waals surface area contributed by atoms with E-state index >= 15 is 0 Å². The molecule has 2 aliphatic heterocycles. The highest BCUT2D eigenvalue weighted by atomic mass is 32.2. The molecule has 0 aromatic carbocycles. The smallest absolute Gasteiger partial charge is 0.159 e. The molecular weight excluding hydrogens is 350 g/mol. The van der Waals surface area contributed by atoms with E-state index in [0.29, 0.717) is 0 Å². The molecule has 7 heteroatoms. The summed E-state index contributed by atoms with van der Waals surface area (Å²) in [6, 6.07) is 2.16. The Balaban J connectivity index is 1.51. The maximum Gasteiger partial charge on any atom is 0.159 e. The van der Waals surface area contributed by atoms with Crippen molar-refractivity contribution in [3.8, 4) is 0 Å². The van der Waals surface area contributed by atoms with Gasteiger partial charge in [0.05, 0.1) is 11.9 Å². The monoisotopic (exact) mass is 375 g/mol. The van der Waals surface area contributed by atoms with E-state index < -0.39 is 0 Å². The topological polar surface area (TPSA) is 44.6 Å². The zero-order valence-electron chi connectivity index (χ0n) is 15.2. The van der Waals surface area contributed by atoms with E-state index in [0.717, 1.165) is 62.0 Å². The number of thiophene rings is 1. The predicted octanol–water partition coefficient (Wildman–Crippen LogP) is 3.65. The summed E-state index contributed by atoms with van der Waals surface area (Å²) in [5.74, 6) is 2.10. The quantitative estimate of drug-likeness (QED) is 0.819. The lowest BCUT2D eigenvalue weighted by molar-refractivity contribution is 0.391. The number of aromatic nitrogens is 2. The zero-order chi connectivity index (χ0) is 17.4. The lowest BCUT2D eigenvalue weighted by Crippen LogP contribution is -2.48. The van der Waals surface area contributed by atoms with E-state index in [-0.39, 0.29) is 4.75 Å². The van der Waals surface area contributed by atoms with Gasteiger partial charge in [-0.05, 0) is 31.7 Å². The van der Waals surface area contributed by atoms with Crippen molar-refractivity contribution in [1.82, 2.24) is 14.9 Å². The van der Waals surface area contributed by atoms with Crippen molar-refractivity contribution >= 4 is 44.3 Å². The summed E-state index contributed by atoms with van der Waals surface area (Å²) in [6.45, 7) is 11.7. The second-order valence-corrected chi connectivity index (χ2v) is 9.86. The van der Waals surface area contributed by atoms with Gasteiger partial charge in [0.2, 0.25) is 0 Å². The fourth-order valence-electron chi connectivity index (χ4n) is 3.30. The molecule has 2 aliphatic rings. The average molecular weight is 376 g/mol. The van der Waals surface area contributed by atoms with Crippen molar-refractivity contribution in [2.75, 3.05) is 37.6 Å². The number of aliphatic imine (C=N–C) groups is 1. The van der Waals surface area contributed by atoms with E-state index in [9.17, 15) is 0 Å². The first-order valence-electron chi connectivity index (χ1n) is 9.03. The van der Waals surface area contributed by atoms with Gasteiger partial charge in [-0.3, -0.25) is 4.99 Å². The molecule has 4 rings (SSSR count). The van der Waals surface area contributed by atoms with Gasteiger partial charge < -0.3 is 9.80 Å². The van der Waals surface area contributed by atoms with Gasteiger partial charge in [-0.15, -0.1) is 11.3 Å². The lowest BCUT2D eigenvalue weighted by Gasteiger charge is -2.36. The molecule has 0 N–H and O–H groups in total. The summed E-state index contributed by atoms with van der Waals surface area (Å²) in [6.07, 6.45) is 2.03. The molecule has 25 heavy (non-hydrogen) atoms. The molecule has 0 saturated carbocycles. The van der Waals surface area contributed by atoms with Crippen LogP contribution in [0.25, 0.3) is 10.2 Å². The summed E-state index contributed by atoms with van der Waals surface area (Å²) in [5, 5.41) is 4.55. The Morgan fingerprint density at radius 3 is 2.56 bits per heavy atom. The van der Waals surface area contributed by atoms with Crippen LogP contribution in [0.3, 0.4) is 0 Å². The fraction of sp³-hybridized carbons (Fsp3) is 0.611. The predicted molar refractivity (Wildman–Crippen MR) is 109 cm³/mol. The van der Waals surface area contributed by atoms with Gasteiger partial charge in [-0.25, -0.2) is 9.97 Å². The van der Waals surface area contributed by atoms with Gasteiger partial charge in [0.25, 0.3) is 0 Å². The summed E-state index contributed by atoms with van der Waals surface area (Å²) >= 11 is 3.63. The van der Waals surface area contributed by atoms with Crippen LogP contribution in [0.4, 0.5) is 5.82 Å². The fourth-order valence-corrected chi connectivity index (χ4v) is 5.14. The van der Waals surface area contributed by atoms with E-state index in [4.69, 9.17) is 15.0 Å². The van der Waals surface area contributed by atoms with Gasteiger partial charge in [0.15, 0.2) is 5.17 Å². The second-order valence-electron chi connectivity index (χ2n) is 7.29. The van der Waals surface area contributed by atoms with Crippen molar-refractivity contribution in [2.24, 2.45) is 4.99 Å². The first-order chi connectivity index (χ1) is 12.1. The maximum atomic E-state index is 4.90. The Labute approximate surface area is 157 Å². The van der Waals surface area contributed by atoms with Gasteiger partial charge in [0, 0.05) is 37.3 Å². The Kier molecular flexibility index (Phi) is 4.62. The van der Waals surface area contributed by atoms with Crippen LogP contribution in [0, 0.1) is 0 Å². The van der Waals surface area contributed by atoms with Crippen LogP contribution in [0.1, 0.15) is 33.0 Å². The highest BCUT2D eigenvalue weighted by Crippen LogP contribution is 2.34. The summed E-state index contributed by atoms with van der Waals surface area (Å²) in [7, 11) is 0. The third-order valence-corrected chi connectivity index (χ3v) is 6.70. The number of nitrogens with zero attached hydrogens (tertiary/aromatic N) is 5. The second kappa shape index (κ2) is 6.76. The number of piperazine rings is 1. The Bertz CT molecular complexity index is 790. The Morgan fingerprint density at radius 2 is 1.88 bits per heavy atom. The van der Waals surface area contributed by atoms with Gasteiger partial charge >= 0.3 is 0 Å². The molecule has 0 unspecified atom stereocenters. The highest BCUT2D eigenvalue weighted by Gasteiger charge is 2.32. The molecule has 2 aromatic rings. The number of amidine groups is 1. The number of hydrogen-bond acceptors (Lipinski definition) is 7. The first kappa shape index (κ1) is 17.1. The summed E-state index contributed by atoms with van der Waals surface area (Å²) in [5.41, 5.74) is 0. The van der Waals surface area contributed by atoms with Crippen LogP contribution >= 0.6 is 23.1 Å². The van der Waals surface area contributed by atoms with Crippen LogP contribution < -0.4 is 4.90 Å². The number of anilines is 1. The third kappa shape index (κ3) is 3.49. The molecule has 0 spiro atoms. The van der Waals surface area contributed by atoms with Gasteiger partial charge in [0.1, 0.15) is 16.5 Å². The summed E-state index contributed by atoms with van der Waals surface area (Å²) in [4.78, 5) is 20.4. The minimum atomic E-state index is 0.247. The average Bonchev–Trinajstić information content (AvgIpc) is 3.20. The van der Waals surface area contributed by atoms with E-state index in [1.54, 1.807) is 11.3 Å². The number of thioether (sulfide) groups is 1. The molecule has 0 aliphatic carbocycles. The number of fused-ring (bicyclic) bond motifs is 1.